The topological polar surface area (TPSA) is 175 Å². The van der Waals surface area contributed by atoms with Crippen molar-refractivity contribution in [2.75, 3.05) is 5.43 Å². The number of nitrogens with zero attached hydrogens (tertiary/aromatic N) is 5. The second-order valence-electron chi connectivity index (χ2n) is 6.90. The number of fused-ring (bicyclic) bond motifs is 1. The Labute approximate surface area is 190 Å². The third-order valence-electron chi connectivity index (χ3n) is 4.61. The van der Waals surface area contributed by atoms with Crippen LogP contribution < -0.4 is 15.6 Å². The molecular formula is C21H15N7O6. The molecule has 0 aliphatic rings. The number of amides is 1. The van der Waals surface area contributed by atoms with E-state index in [1.807, 2.05) is 18.2 Å². The van der Waals surface area contributed by atoms with E-state index in [4.69, 9.17) is 4.74 Å². The zero-order valence-electron chi connectivity index (χ0n) is 17.5. The number of pyridine rings is 1. The van der Waals surface area contributed by atoms with Gasteiger partial charge in [0.1, 0.15) is 11.8 Å². The highest BCUT2D eigenvalue weighted by atomic mass is 16.6. The van der Waals surface area contributed by atoms with Gasteiger partial charge in [-0.3, -0.25) is 35.9 Å². The lowest BCUT2D eigenvalue weighted by atomic mass is 10.2. The van der Waals surface area contributed by atoms with Crippen LogP contribution in [0.3, 0.4) is 0 Å². The maximum atomic E-state index is 12.4. The summed E-state index contributed by atoms with van der Waals surface area (Å²) in [4.78, 5) is 45.8. The first-order valence-corrected chi connectivity index (χ1v) is 9.68. The maximum absolute atomic E-state index is 12.4. The molecule has 4 rings (SSSR count). The van der Waals surface area contributed by atoms with Crippen LogP contribution in [-0.4, -0.2) is 30.7 Å². The predicted molar refractivity (Wildman–Crippen MR) is 119 cm³/mol. The fourth-order valence-corrected chi connectivity index (χ4v) is 3.05. The zero-order chi connectivity index (χ0) is 24.2. The number of anilines is 1. The number of aryl methyl sites for hydroxylation is 1. The van der Waals surface area contributed by atoms with Gasteiger partial charge in [0.25, 0.3) is 11.6 Å². The van der Waals surface area contributed by atoms with Crippen molar-refractivity contribution in [3.63, 3.8) is 0 Å². The van der Waals surface area contributed by atoms with Crippen LogP contribution >= 0.6 is 0 Å². The number of rotatable bonds is 7. The summed E-state index contributed by atoms with van der Waals surface area (Å²) in [6, 6.07) is 13.8. The average molecular weight is 461 g/mol. The number of para-hydroxylation sites is 1. The van der Waals surface area contributed by atoms with Crippen molar-refractivity contribution in [1.29, 1.82) is 0 Å². The fourth-order valence-electron chi connectivity index (χ4n) is 3.05. The van der Waals surface area contributed by atoms with Gasteiger partial charge in [0.15, 0.2) is 5.75 Å². The SMILES string of the molecule is Cc1ccc2cccc(Oc3ncnc(NNC(=O)c4cccc([N+](=O)[O-])c4)c3[N+](=O)[O-])c2n1. The third kappa shape index (κ3) is 4.52. The molecule has 13 heteroatoms. The molecule has 0 aliphatic carbocycles. The van der Waals surface area contributed by atoms with Gasteiger partial charge in [0, 0.05) is 28.8 Å². The van der Waals surface area contributed by atoms with E-state index in [-0.39, 0.29) is 28.7 Å². The van der Waals surface area contributed by atoms with Crippen LogP contribution in [0.1, 0.15) is 16.1 Å². The lowest BCUT2D eigenvalue weighted by molar-refractivity contribution is -0.385. The van der Waals surface area contributed by atoms with Gasteiger partial charge in [-0.25, -0.2) is 9.97 Å². The van der Waals surface area contributed by atoms with Gasteiger partial charge >= 0.3 is 11.6 Å². The Kier molecular flexibility index (Phi) is 5.90. The van der Waals surface area contributed by atoms with E-state index in [1.54, 1.807) is 19.1 Å². The molecule has 2 aromatic heterocycles. The molecule has 2 aromatic carbocycles. The molecule has 34 heavy (non-hydrogen) atoms. The Balaban J connectivity index is 1.62. The molecule has 0 bridgehead atoms. The predicted octanol–water partition coefficient (Wildman–Crippen LogP) is 3.70. The number of ether oxygens (including phenoxy) is 1. The van der Waals surface area contributed by atoms with Gasteiger partial charge in [-0.2, -0.15) is 4.98 Å². The van der Waals surface area contributed by atoms with Crippen LogP contribution in [0.15, 0.2) is 60.9 Å². The Morgan fingerprint density at radius 1 is 1.00 bits per heavy atom. The lowest BCUT2D eigenvalue weighted by Crippen LogP contribution is -2.30. The van der Waals surface area contributed by atoms with Crippen molar-refractivity contribution in [1.82, 2.24) is 20.4 Å². The molecule has 2 heterocycles. The molecule has 1 amide bonds. The second-order valence-corrected chi connectivity index (χ2v) is 6.90. The first kappa shape index (κ1) is 22.0. The second kappa shape index (κ2) is 9.12. The Bertz CT molecular complexity index is 1440. The highest BCUT2D eigenvalue weighted by molar-refractivity contribution is 5.95. The number of nitrogens with one attached hydrogen (secondary N) is 2. The maximum Gasteiger partial charge on any atom is 0.374 e. The zero-order valence-corrected chi connectivity index (χ0v) is 17.5. The summed E-state index contributed by atoms with van der Waals surface area (Å²) >= 11 is 0. The largest absolute Gasteiger partial charge is 0.431 e. The van der Waals surface area contributed by atoms with E-state index in [0.717, 1.165) is 23.5 Å². The van der Waals surface area contributed by atoms with Gasteiger partial charge in [-0.1, -0.05) is 24.3 Å². The highest BCUT2D eigenvalue weighted by Crippen LogP contribution is 2.36. The first-order chi connectivity index (χ1) is 16.3. The van der Waals surface area contributed by atoms with E-state index in [0.29, 0.717) is 5.52 Å². The van der Waals surface area contributed by atoms with Crippen LogP contribution in [0, 0.1) is 27.2 Å². The molecule has 0 aliphatic heterocycles. The Morgan fingerprint density at radius 2 is 1.79 bits per heavy atom. The molecule has 0 saturated heterocycles. The smallest absolute Gasteiger partial charge is 0.374 e. The van der Waals surface area contributed by atoms with Gasteiger partial charge < -0.3 is 4.74 Å². The summed E-state index contributed by atoms with van der Waals surface area (Å²) in [5, 5.41) is 23.5. The van der Waals surface area contributed by atoms with Crippen molar-refractivity contribution in [2.45, 2.75) is 6.92 Å². The van der Waals surface area contributed by atoms with Crippen molar-refractivity contribution in [3.05, 3.63) is 92.4 Å². The van der Waals surface area contributed by atoms with Crippen LogP contribution in [0.5, 0.6) is 11.6 Å². The van der Waals surface area contributed by atoms with E-state index < -0.39 is 21.4 Å². The van der Waals surface area contributed by atoms with Crippen molar-refractivity contribution < 1.29 is 19.4 Å². The lowest BCUT2D eigenvalue weighted by Gasteiger charge is -2.11. The number of nitro benzene ring substituents is 1. The third-order valence-corrected chi connectivity index (χ3v) is 4.61. The number of benzene rings is 2. The quantitative estimate of drug-likeness (QED) is 0.305. The van der Waals surface area contributed by atoms with E-state index in [9.17, 15) is 25.0 Å². The number of non-ortho nitro benzene ring substituents is 1. The summed E-state index contributed by atoms with van der Waals surface area (Å²) in [5.74, 6) is -1.25. The standard InChI is InChI=1S/C21H15N7O6/c1-12-8-9-13-4-3-7-16(17(13)24-12)34-21-18(28(32)33)19(22-11-23-21)25-26-20(29)14-5-2-6-15(10-14)27(30)31/h2-11H,1H3,(H,26,29)(H,22,23,25). The number of hydrazine groups is 1. The molecule has 13 nitrogen and oxygen atoms in total. The molecule has 0 spiro atoms. The van der Waals surface area contributed by atoms with Gasteiger partial charge in [0.05, 0.1) is 9.85 Å². The molecule has 0 atom stereocenters. The number of carbonyl (C=O) groups is 1. The van der Waals surface area contributed by atoms with Crippen LogP contribution in [0.25, 0.3) is 10.9 Å². The van der Waals surface area contributed by atoms with Crippen LogP contribution in [0.4, 0.5) is 17.2 Å². The van der Waals surface area contributed by atoms with Crippen molar-refractivity contribution in [3.8, 4) is 11.6 Å². The molecule has 170 valence electrons. The average Bonchev–Trinajstić information content (AvgIpc) is 2.82. The molecule has 0 saturated carbocycles. The minimum Gasteiger partial charge on any atom is -0.431 e. The summed E-state index contributed by atoms with van der Waals surface area (Å²) in [6.07, 6.45) is 1.02. The highest BCUT2D eigenvalue weighted by Gasteiger charge is 2.26. The van der Waals surface area contributed by atoms with Gasteiger partial charge in [-0.05, 0) is 25.1 Å². The minimum absolute atomic E-state index is 0.0351. The Hall–Kier alpha value is -5.20. The Morgan fingerprint density at radius 3 is 2.56 bits per heavy atom. The van der Waals surface area contributed by atoms with Crippen LogP contribution in [0.2, 0.25) is 0 Å². The number of nitro groups is 2. The minimum atomic E-state index is -0.771. The summed E-state index contributed by atoms with van der Waals surface area (Å²) < 4.78 is 5.73. The van der Waals surface area contributed by atoms with E-state index in [2.05, 4.69) is 25.8 Å². The van der Waals surface area contributed by atoms with Crippen molar-refractivity contribution >= 4 is 34.0 Å². The summed E-state index contributed by atoms with van der Waals surface area (Å²) in [5.41, 5.74) is 4.86. The molecule has 2 N–H and O–H groups in total. The van der Waals surface area contributed by atoms with Crippen LogP contribution in [-0.2, 0) is 0 Å². The number of carbonyl (C=O) groups excluding carboxylic acids is 1. The molecule has 0 radical (unpaired) electrons. The molecular weight excluding hydrogens is 446 g/mol. The normalized spacial score (nSPS) is 10.5. The van der Waals surface area contributed by atoms with Gasteiger partial charge in [0.2, 0.25) is 5.82 Å². The number of hydrogen-bond acceptors (Lipinski definition) is 10. The van der Waals surface area contributed by atoms with E-state index in [1.165, 1.54) is 18.2 Å². The van der Waals surface area contributed by atoms with E-state index >= 15 is 0 Å². The van der Waals surface area contributed by atoms with Crippen molar-refractivity contribution in [2.24, 2.45) is 0 Å². The number of hydrogen-bond donors (Lipinski definition) is 2. The first-order valence-electron chi connectivity index (χ1n) is 9.68. The summed E-state index contributed by atoms with van der Waals surface area (Å²) in [6.45, 7) is 1.80. The molecule has 4 aromatic rings. The summed E-state index contributed by atoms with van der Waals surface area (Å²) in [7, 11) is 0. The van der Waals surface area contributed by atoms with Gasteiger partial charge in [-0.15, -0.1) is 0 Å². The monoisotopic (exact) mass is 461 g/mol. The number of aromatic nitrogens is 3. The molecule has 0 unspecified atom stereocenters. The molecule has 0 fully saturated rings. The fraction of sp³-hybridized carbons (Fsp3) is 0.0476.